The van der Waals surface area contributed by atoms with E-state index < -0.39 is 17.8 Å². The Morgan fingerprint density at radius 1 is 1.12 bits per heavy atom. The second kappa shape index (κ2) is 6.87. The van der Waals surface area contributed by atoms with E-state index in [0.717, 1.165) is 35.2 Å². The van der Waals surface area contributed by atoms with E-state index in [2.05, 4.69) is 15.3 Å². The Labute approximate surface area is 151 Å². The summed E-state index contributed by atoms with van der Waals surface area (Å²) in [5.41, 5.74) is 2.95. The molecule has 2 heterocycles. The molecule has 0 saturated carbocycles. The number of hydrogen-bond acceptors (Lipinski definition) is 4. The first-order valence-electron chi connectivity index (χ1n) is 7.62. The highest BCUT2D eigenvalue weighted by Gasteiger charge is 2.32. The molecule has 0 aliphatic rings. The lowest BCUT2D eigenvalue weighted by Crippen LogP contribution is -2.14. The number of rotatable bonds is 3. The van der Waals surface area contributed by atoms with Gasteiger partial charge in [0.25, 0.3) is 5.91 Å². The zero-order valence-corrected chi connectivity index (χ0v) is 14.7. The molecule has 0 spiro atoms. The summed E-state index contributed by atoms with van der Waals surface area (Å²) in [6, 6.07) is 7.81. The highest BCUT2D eigenvalue weighted by Crippen LogP contribution is 2.28. The van der Waals surface area contributed by atoms with E-state index in [9.17, 15) is 18.0 Å². The molecule has 1 aromatic carbocycles. The molecule has 0 bridgehead atoms. The molecule has 8 heteroatoms. The largest absolute Gasteiger partial charge is 0.433 e. The number of aryl methyl sites for hydroxylation is 2. The molecule has 2 aromatic heterocycles. The number of aromatic nitrogens is 2. The number of nitrogens with zero attached hydrogens (tertiary/aromatic N) is 2. The van der Waals surface area contributed by atoms with Crippen molar-refractivity contribution in [2.75, 3.05) is 5.32 Å². The van der Waals surface area contributed by atoms with Gasteiger partial charge in [-0.15, -0.1) is 11.3 Å². The van der Waals surface area contributed by atoms with Gasteiger partial charge >= 0.3 is 6.18 Å². The van der Waals surface area contributed by atoms with Gasteiger partial charge in [-0.3, -0.25) is 15.1 Å². The maximum Gasteiger partial charge on any atom is 0.433 e. The summed E-state index contributed by atoms with van der Waals surface area (Å²) >= 11 is 1.24. The van der Waals surface area contributed by atoms with Crippen molar-refractivity contribution >= 4 is 22.4 Å². The minimum Gasteiger partial charge on any atom is -0.298 e. The van der Waals surface area contributed by atoms with E-state index >= 15 is 0 Å². The average molecular weight is 377 g/mol. The lowest BCUT2D eigenvalue weighted by Gasteiger charge is -2.06. The molecule has 0 radical (unpaired) electrons. The topological polar surface area (TPSA) is 54.9 Å². The van der Waals surface area contributed by atoms with Gasteiger partial charge in [0.05, 0.1) is 11.3 Å². The zero-order valence-electron chi connectivity index (χ0n) is 13.9. The van der Waals surface area contributed by atoms with Crippen LogP contribution in [0, 0.1) is 13.8 Å². The van der Waals surface area contributed by atoms with Gasteiger partial charge in [-0.1, -0.05) is 12.1 Å². The van der Waals surface area contributed by atoms with Crippen molar-refractivity contribution in [2.24, 2.45) is 0 Å². The van der Waals surface area contributed by atoms with Gasteiger partial charge < -0.3 is 0 Å². The summed E-state index contributed by atoms with van der Waals surface area (Å²) in [5.74, 6) is -0.563. The van der Waals surface area contributed by atoms with Crippen LogP contribution in [0.5, 0.6) is 0 Å². The Bertz CT molecular complexity index is 949. The van der Waals surface area contributed by atoms with E-state index in [1.807, 2.05) is 37.4 Å². The van der Waals surface area contributed by atoms with Crippen molar-refractivity contribution in [3.8, 4) is 11.3 Å². The third-order valence-corrected chi connectivity index (χ3v) is 4.60. The third kappa shape index (κ3) is 3.91. The number of hydrogen-bond donors (Lipinski definition) is 1. The number of alkyl halides is 3. The summed E-state index contributed by atoms with van der Waals surface area (Å²) in [6.45, 7) is 4.02. The van der Waals surface area contributed by atoms with Crippen LogP contribution in [0.2, 0.25) is 0 Å². The summed E-state index contributed by atoms with van der Waals surface area (Å²) in [7, 11) is 0. The number of amides is 1. The number of anilines is 1. The quantitative estimate of drug-likeness (QED) is 0.691. The van der Waals surface area contributed by atoms with Crippen molar-refractivity contribution < 1.29 is 18.0 Å². The maximum atomic E-state index is 12.5. The van der Waals surface area contributed by atoms with Crippen LogP contribution in [0.1, 0.15) is 27.2 Å². The van der Waals surface area contributed by atoms with Crippen LogP contribution < -0.4 is 5.32 Å². The minimum atomic E-state index is -4.54. The van der Waals surface area contributed by atoms with E-state index in [-0.39, 0.29) is 5.56 Å². The van der Waals surface area contributed by atoms with E-state index in [0.29, 0.717) is 5.13 Å². The van der Waals surface area contributed by atoms with Crippen LogP contribution in [0.15, 0.2) is 41.9 Å². The molecule has 0 aliphatic heterocycles. The monoisotopic (exact) mass is 377 g/mol. The van der Waals surface area contributed by atoms with Crippen LogP contribution in [0.4, 0.5) is 18.3 Å². The minimum absolute atomic E-state index is 0.0286. The molecule has 4 nitrogen and oxygen atoms in total. The van der Waals surface area contributed by atoms with E-state index in [1.165, 1.54) is 16.9 Å². The average Bonchev–Trinajstić information content (AvgIpc) is 3.05. The van der Waals surface area contributed by atoms with Gasteiger partial charge in [0.2, 0.25) is 0 Å². The first-order valence-corrected chi connectivity index (χ1v) is 8.50. The van der Waals surface area contributed by atoms with Crippen LogP contribution in [-0.2, 0) is 6.18 Å². The van der Waals surface area contributed by atoms with E-state index in [4.69, 9.17) is 0 Å². The third-order valence-electron chi connectivity index (χ3n) is 3.84. The Kier molecular flexibility index (Phi) is 4.78. The normalized spacial score (nSPS) is 11.4. The summed E-state index contributed by atoms with van der Waals surface area (Å²) in [4.78, 5) is 19.8. The Morgan fingerprint density at radius 3 is 2.50 bits per heavy atom. The van der Waals surface area contributed by atoms with Crippen molar-refractivity contribution in [3.05, 3.63) is 64.3 Å². The summed E-state index contributed by atoms with van der Waals surface area (Å²) < 4.78 is 37.5. The molecular weight excluding hydrogens is 363 g/mol. The predicted molar refractivity (Wildman–Crippen MR) is 94.2 cm³/mol. The predicted octanol–water partition coefficient (Wildman–Crippen LogP) is 5.09. The second-order valence-corrected chi connectivity index (χ2v) is 6.58. The summed E-state index contributed by atoms with van der Waals surface area (Å²) in [5, 5.41) is 4.75. The van der Waals surface area contributed by atoms with Gasteiger partial charge in [-0.05, 0) is 43.2 Å². The molecule has 134 valence electrons. The SMILES string of the molecule is Cc1ccc(-c2csc(NC(=O)c3ccc(C(F)(F)F)nc3)n2)cc1C. The maximum absolute atomic E-state index is 12.5. The first-order chi connectivity index (χ1) is 12.2. The smallest absolute Gasteiger partial charge is 0.298 e. The van der Waals surface area contributed by atoms with Gasteiger partial charge in [-0.25, -0.2) is 4.98 Å². The van der Waals surface area contributed by atoms with Crippen molar-refractivity contribution in [1.82, 2.24) is 9.97 Å². The van der Waals surface area contributed by atoms with Crippen LogP contribution in [-0.4, -0.2) is 15.9 Å². The Balaban J connectivity index is 1.74. The molecule has 3 rings (SSSR count). The summed E-state index contributed by atoms with van der Waals surface area (Å²) in [6.07, 6.45) is -3.64. The lowest BCUT2D eigenvalue weighted by molar-refractivity contribution is -0.141. The standard InChI is InChI=1S/C18H14F3N3OS/c1-10-3-4-12(7-11(10)2)14-9-26-17(23-14)24-16(25)13-5-6-15(22-8-13)18(19,20)21/h3-9H,1-2H3,(H,23,24,25). The lowest BCUT2D eigenvalue weighted by atomic mass is 10.1. The highest BCUT2D eigenvalue weighted by molar-refractivity contribution is 7.14. The molecule has 0 atom stereocenters. The molecule has 1 N–H and O–H groups in total. The van der Waals surface area contributed by atoms with E-state index in [1.54, 1.807) is 0 Å². The molecular formula is C18H14F3N3OS. The molecule has 1 amide bonds. The number of benzene rings is 1. The zero-order chi connectivity index (χ0) is 18.9. The fourth-order valence-corrected chi connectivity index (χ4v) is 2.94. The molecule has 0 fully saturated rings. The van der Waals surface area contributed by atoms with Gasteiger partial charge in [0.1, 0.15) is 5.69 Å². The molecule has 0 unspecified atom stereocenters. The fourth-order valence-electron chi connectivity index (χ4n) is 2.23. The van der Waals surface area contributed by atoms with Crippen LogP contribution >= 0.6 is 11.3 Å². The molecule has 26 heavy (non-hydrogen) atoms. The van der Waals surface area contributed by atoms with Crippen LogP contribution in [0.25, 0.3) is 11.3 Å². The van der Waals surface area contributed by atoms with Gasteiger partial charge in [-0.2, -0.15) is 13.2 Å². The first kappa shape index (κ1) is 18.1. The number of nitrogens with one attached hydrogen (secondary N) is 1. The van der Waals surface area contributed by atoms with Crippen molar-refractivity contribution in [2.45, 2.75) is 20.0 Å². The van der Waals surface area contributed by atoms with Gasteiger partial charge in [0.15, 0.2) is 5.13 Å². The number of carbonyl (C=O) groups is 1. The Hall–Kier alpha value is -2.74. The molecule has 0 saturated heterocycles. The molecule has 0 aliphatic carbocycles. The van der Waals surface area contributed by atoms with Gasteiger partial charge in [0, 0.05) is 17.1 Å². The number of halogens is 3. The Morgan fingerprint density at radius 2 is 1.88 bits per heavy atom. The highest BCUT2D eigenvalue weighted by atomic mass is 32.1. The van der Waals surface area contributed by atoms with Crippen molar-refractivity contribution in [1.29, 1.82) is 0 Å². The van der Waals surface area contributed by atoms with Crippen LogP contribution in [0.3, 0.4) is 0 Å². The number of thiazole rings is 1. The number of carbonyl (C=O) groups excluding carboxylic acids is 1. The fraction of sp³-hybridized carbons (Fsp3) is 0.167. The second-order valence-electron chi connectivity index (χ2n) is 5.72. The molecule has 3 aromatic rings. The number of pyridine rings is 1. The van der Waals surface area contributed by atoms with Crippen molar-refractivity contribution in [3.63, 3.8) is 0 Å².